The van der Waals surface area contributed by atoms with Crippen LogP contribution >= 0.6 is 0 Å². The van der Waals surface area contributed by atoms with E-state index in [4.69, 9.17) is 4.74 Å². The standard InChI is InChI=1S/C14H17N3O/c1-10(2)8-9-18-13-11-6-4-5-7-12(11)16-14(15-3)17-13/h4-7H,1,8-9H2,2-3H3,(H,15,16,17). The molecule has 0 unspecified atom stereocenters. The van der Waals surface area contributed by atoms with Crippen LogP contribution in [0, 0.1) is 0 Å². The van der Waals surface area contributed by atoms with Gasteiger partial charge < -0.3 is 10.1 Å². The summed E-state index contributed by atoms with van der Waals surface area (Å²) < 4.78 is 5.72. The number of aromatic nitrogens is 2. The Labute approximate surface area is 107 Å². The molecule has 0 aliphatic carbocycles. The number of nitrogens with one attached hydrogen (secondary N) is 1. The maximum absolute atomic E-state index is 5.72. The molecule has 1 aromatic heterocycles. The summed E-state index contributed by atoms with van der Waals surface area (Å²) in [5, 5.41) is 3.87. The lowest BCUT2D eigenvalue weighted by molar-refractivity contribution is 0.313. The van der Waals surface area contributed by atoms with E-state index in [1.54, 1.807) is 7.05 Å². The summed E-state index contributed by atoms with van der Waals surface area (Å²) in [6.45, 7) is 6.43. The highest BCUT2D eigenvalue weighted by molar-refractivity contribution is 5.84. The van der Waals surface area contributed by atoms with Crippen molar-refractivity contribution in [2.45, 2.75) is 13.3 Å². The predicted octanol–water partition coefficient (Wildman–Crippen LogP) is 3.02. The van der Waals surface area contributed by atoms with Gasteiger partial charge in [-0.3, -0.25) is 0 Å². The minimum absolute atomic E-state index is 0.569. The van der Waals surface area contributed by atoms with E-state index in [2.05, 4.69) is 21.9 Å². The molecule has 0 fully saturated rings. The van der Waals surface area contributed by atoms with Gasteiger partial charge in [-0.15, -0.1) is 6.58 Å². The molecule has 1 N–H and O–H groups in total. The SMILES string of the molecule is C=C(C)CCOc1nc(NC)nc2ccccc12. The van der Waals surface area contributed by atoms with Gasteiger partial charge in [0.25, 0.3) is 0 Å². The van der Waals surface area contributed by atoms with Gasteiger partial charge in [0, 0.05) is 13.5 Å². The Hall–Kier alpha value is -2.10. The van der Waals surface area contributed by atoms with Crippen molar-refractivity contribution >= 4 is 16.9 Å². The number of rotatable bonds is 5. The molecule has 0 saturated heterocycles. The zero-order valence-corrected chi connectivity index (χ0v) is 10.7. The highest BCUT2D eigenvalue weighted by atomic mass is 16.5. The molecule has 4 nitrogen and oxygen atoms in total. The second-order valence-corrected chi connectivity index (χ2v) is 4.18. The van der Waals surface area contributed by atoms with Crippen molar-refractivity contribution in [3.05, 3.63) is 36.4 Å². The fraction of sp³-hybridized carbons (Fsp3) is 0.286. The molecule has 0 radical (unpaired) electrons. The van der Waals surface area contributed by atoms with Crippen molar-refractivity contribution in [2.24, 2.45) is 0 Å². The van der Waals surface area contributed by atoms with E-state index in [1.807, 2.05) is 31.2 Å². The van der Waals surface area contributed by atoms with Crippen LogP contribution in [0.15, 0.2) is 36.4 Å². The van der Waals surface area contributed by atoms with E-state index in [9.17, 15) is 0 Å². The smallest absolute Gasteiger partial charge is 0.226 e. The van der Waals surface area contributed by atoms with Crippen LogP contribution in [0.1, 0.15) is 13.3 Å². The monoisotopic (exact) mass is 243 g/mol. The largest absolute Gasteiger partial charge is 0.477 e. The molecule has 1 heterocycles. The third kappa shape index (κ3) is 2.77. The molecule has 0 amide bonds. The first kappa shape index (κ1) is 12.4. The number of nitrogens with zero attached hydrogens (tertiary/aromatic N) is 2. The number of hydrogen-bond donors (Lipinski definition) is 1. The minimum Gasteiger partial charge on any atom is -0.477 e. The Bertz CT molecular complexity index is 566. The fourth-order valence-corrected chi connectivity index (χ4v) is 1.59. The van der Waals surface area contributed by atoms with Gasteiger partial charge in [0.1, 0.15) is 0 Å². The molecular weight excluding hydrogens is 226 g/mol. The third-order valence-corrected chi connectivity index (χ3v) is 2.56. The quantitative estimate of drug-likeness (QED) is 0.820. The van der Waals surface area contributed by atoms with Gasteiger partial charge in [-0.25, -0.2) is 4.98 Å². The summed E-state index contributed by atoms with van der Waals surface area (Å²) >= 11 is 0. The van der Waals surface area contributed by atoms with Crippen molar-refractivity contribution < 1.29 is 4.74 Å². The van der Waals surface area contributed by atoms with Crippen molar-refractivity contribution in [1.29, 1.82) is 0 Å². The molecule has 0 aliphatic heterocycles. The van der Waals surface area contributed by atoms with Gasteiger partial charge in [0.15, 0.2) is 0 Å². The molecule has 0 aliphatic rings. The van der Waals surface area contributed by atoms with Crippen molar-refractivity contribution in [3.8, 4) is 5.88 Å². The molecule has 1 aromatic carbocycles. The Balaban J connectivity index is 2.31. The molecule has 18 heavy (non-hydrogen) atoms. The van der Waals surface area contributed by atoms with Crippen LogP contribution in [0.5, 0.6) is 5.88 Å². The van der Waals surface area contributed by atoms with E-state index >= 15 is 0 Å². The predicted molar refractivity (Wildman–Crippen MR) is 74.0 cm³/mol. The number of benzene rings is 1. The number of ether oxygens (including phenoxy) is 1. The van der Waals surface area contributed by atoms with E-state index in [0.29, 0.717) is 18.4 Å². The third-order valence-electron chi connectivity index (χ3n) is 2.56. The van der Waals surface area contributed by atoms with Crippen LogP contribution < -0.4 is 10.1 Å². The Morgan fingerprint density at radius 1 is 1.33 bits per heavy atom. The van der Waals surface area contributed by atoms with E-state index in [0.717, 1.165) is 22.9 Å². The van der Waals surface area contributed by atoms with Crippen LogP contribution in [0.25, 0.3) is 10.9 Å². The summed E-state index contributed by atoms with van der Waals surface area (Å²) in [4.78, 5) is 8.72. The summed E-state index contributed by atoms with van der Waals surface area (Å²) in [6.07, 6.45) is 0.827. The minimum atomic E-state index is 0.569. The van der Waals surface area contributed by atoms with Crippen molar-refractivity contribution in [3.63, 3.8) is 0 Å². The van der Waals surface area contributed by atoms with Crippen LogP contribution in [0.2, 0.25) is 0 Å². The topological polar surface area (TPSA) is 47.0 Å². The van der Waals surface area contributed by atoms with Gasteiger partial charge in [-0.2, -0.15) is 4.98 Å². The molecule has 0 saturated carbocycles. The summed E-state index contributed by atoms with van der Waals surface area (Å²) in [5.41, 5.74) is 1.98. The van der Waals surface area contributed by atoms with Gasteiger partial charge in [0.2, 0.25) is 11.8 Å². The average molecular weight is 243 g/mol. The van der Waals surface area contributed by atoms with Crippen LogP contribution in [0.4, 0.5) is 5.95 Å². The van der Waals surface area contributed by atoms with Gasteiger partial charge in [-0.05, 0) is 19.1 Å². The van der Waals surface area contributed by atoms with Gasteiger partial charge >= 0.3 is 0 Å². The first-order valence-electron chi connectivity index (χ1n) is 5.92. The first-order chi connectivity index (χ1) is 8.70. The maximum atomic E-state index is 5.72. The fourth-order valence-electron chi connectivity index (χ4n) is 1.59. The Morgan fingerprint density at radius 2 is 2.11 bits per heavy atom. The first-order valence-corrected chi connectivity index (χ1v) is 5.92. The zero-order valence-electron chi connectivity index (χ0n) is 10.7. The average Bonchev–Trinajstić information content (AvgIpc) is 2.38. The maximum Gasteiger partial charge on any atom is 0.226 e. The van der Waals surface area contributed by atoms with Gasteiger partial charge in [-0.1, -0.05) is 17.7 Å². The van der Waals surface area contributed by atoms with Crippen molar-refractivity contribution in [1.82, 2.24) is 9.97 Å². The molecule has 0 spiro atoms. The zero-order chi connectivity index (χ0) is 13.0. The molecular formula is C14H17N3O. The van der Waals surface area contributed by atoms with Crippen molar-refractivity contribution in [2.75, 3.05) is 19.0 Å². The highest BCUT2D eigenvalue weighted by Crippen LogP contribution is 2.23. The highest BCUT2D eigenvalue weighted by Gasteiger charge is 2.07. The number of para-hydroxylation sites is 1. The van der Waals surface area contributed by atoms with E-state index in [-0.39, 0.29) is 0 Å². The second-order valence-electron chi connectivity index (χ2n) is 4.18. The molecule has 0 bridgehead atoms. The molecule has 2 aromatic rings. The molecule has 4 heteroatoms. The lowest BCUT2D eigenvalue weighted by Crippen LogP contribution is -2.04. The lowest BCUT2D eigenvalue weighted by atomic mass is 10.2. The molecule has 94 valence electrons. The number of anilines is 1. The molecule has 0 atom stereocenters. The molecule has 2 rings (SSSR count). The Kier molecular flexibility index (Phi) is 3.77. The van der Waals surface area contributed by atoms with Gasteiger partial charge in [0.05, 0.1) is 17.5 Å². The van der Waals surface area contributed by atoms with E-state index < -0.39 is 0 Å². The van der Waals surface area contributed by atoms with E-state index in [1.165, 1.54) is 0 Å². The number of hydrogen-bond acceptors (Lipinski definition) is 4. The Morgan fingerprint density at radius 3 is 2.83 bits per heavy atom. The summed E-state index contributed by atoms with van der Waals surface area (Å²) in [5.74, 6) is 1.19. The van der Waals surface area contributed by atoms with Crippen LogP contribution in [-0.2, 0) is 0 Å². The summed E-state index contributed by atoms with van der Waals surface area (Å²) in [7, 11) is 1.79. The van der Waals surface area contributed by atoms with Crippen LogP contribution in [0.3, 0.4) is 0 Å². The summed E-state index contributed by atoms with van der Waals surface area (Å²) in [6, 6.07) is 7.82. The normalized spacial score (nSPS) is 10.3. The second kappa shape index (κ2) is 5.49. The van der Waals surface area contributed by atoms with Crippen LogP contribution in [-0.4, -0.2) is 23.6 Å². The number of fused-ring (bicyclic) bond motifs is 1. The lowest BCUT2D eigenvalue weighted by Gasteiger charge is -2.09.